The maximum absolute atomic E-state index is 11.6. The molecule has 0 aromatic heterocycles. The molecule has 7 heteroatoms. The zero-order valence-electron chi connectivity index (χ0n) is 8.25. The monoisotopic (exact) mass is 230 g/mol. The van der Waals surface area contributed by atoms with Gasteiger partial charge in [-0.25, -0.2) is 4.21 Å². The summed E-state index contributed by atoms with van der Waals surface area (Å²) in [6, 6.07) is 5.47. The highest BCUT2D eigenvalue weighted by Gasteiger charge is 2.11. The molecule has 0 fully saturated rings. The second-order valence-electron chi connectivity index (χ2n) is 2.62. The van der Waals surface area contributed by atoms with E-state index in [1.54, 1.807) is 0 Å². The molecule has 0 heterocycles. The molecule has 1 aromatic rings. The van der Waals surface area contributed by atoms with E-state index in [2.05, 4.69) is 0 Å². The lowest BCUT2D eigenvalue weighted by Crippen LogP contribution is -2.19. The van der Waals surface area contributed by atoms with Crippen LogP contribution in [-0.4, -0.2) is 27.8 Å². The third-order valence-corrected chi connectivity index (χ3v) is 3.03. The number of benzene rings is 1. The van der Waals surface area contributed by atoms with Crippen molar-refractivity contribution in [1.82, 2.24) is 4.47 Å². The molecule has 1 rings (SSSR count). The molecule has 1 atom stereocenters. The van der Waals surface area contributed by atoms with Crippen molar-refractivity contribution >= 4 is 16.7 Å². The lowest BCUT2D eigenvalue weighted by atomic mass is 10.3. The van der Waals surface area contributed by atoms with Gasteiger partial charge in [0.1, 0.15) is 0 Å². The Labute approximate surface area is 89.2 Å². The summed E-state index contributed by atoms with van der Waals surface area (Å²) < 4.78 is 12.8. The van der Waals surface area contributed by atoms with E-state index in [1.165, 1.54) is 38.4 Å². The van der Waals surface area contributed by atoms with Crippen LogP contribution in [0.3, 0.4) is 0 Å². The number of rotatable bonds is 4. The number of hydroxylamine groups is 1. The Bertz CT molecular complexity index is 379. The summed E-state index contributed by atoms with van der Waals surface area (Å²) in [6.07, 6.45) is 0. The van der Waals surface area contributed by atoms with Gasteiger partial charge in [-0.2, -0.15) is 0 Å². The molecule has 0 saturated heterocycles. The third kappa shape index (κ3) is 2.82. The molecule has 0 aliphatic heterocycles. The fourth-order valence-electron chi connectivity index (χ4n) is 0.900. The summed E-state index contributed by atoms with van der Waals surface area (Å²) in [5.74, 6) is 0. The van der Waals surface area contributed by atoms with Gasteiger partial charge < -0.3 is 0 Å². The van der Waals surface area contributed by atoms with Gasteiger partial charge in [0.2, 0.25) is 0 Å². The molecule has 0 aliphatic carbocycles. The molecular weight excluding hydrogens is 220 g/mol. The van der Waals surface area contributed by atoms with Crippen LogP contribution in [0.25, 0.3) is 0 Å². The van der Waals surface area contributed by atoms with Gasteiger partial charge in [0, 0.05) is 19.2 Å². The molecule has 82 valence electrons. The third-order valence-electron chi connectivity index (χ3n) is 1.74. The minimum Gasteiger partial charge on any atom is -0.290 e. The average Bonchev–Trinajstić information content (AvgIpc) is 2.27. The van der Waals surface area contributed by atoms with Gasteiger partial charge in [-0.3, -0.25) is 15.0 Å². The highest BCUT2D eigenvalue weighted by molar-refractivity contribution is 7.82. The van der Waals surface area contributed by atoms with E-state index in [4.69, 9.17) is 4.84 Å². The molecule has 0 radical (unpaired) electrons. The van der Waals surface area contributed by atoms with Crippen LogP contribution < -0.4 is 0 Å². The molecule has 0 spiro atoms. The van der Waals surface area contributed by atoms with E-state index < -0.39 is 15.9 Å². The molecule has 0 unspecified atom stereocenters. The van der Waals surface area contributed by atoms with Crippen molar-refractivity contribution in [3.8, 4) is 0 Å². The summed E-state index contributed by atoms with van der Waals surface area (Å²) in [7, 11) is 1.44. The Hall–Kier alpha value is -1.31. The maximum atomic E-state index is 11.6. The predicted molar refractivity (Wildman–Crippen MR) is 54.3 cm³/mol. The van der Waals surface area contributed by atoms with Crippen molar-refractivity contribution in [2.45, 2.75) is 4.90 Å². The minimum atomic E-state index is -1.46. The van der Waals surface area contributed by atoms with Crippen molar-refractivity contribution < 1.29 is 14.0 Å². The molecule has 1 aromatic carbocycles. The van der Waals surface area contributed by atoms with Crippen molar-refractivity contribution in [1.29, 1.82) is 0 Å². The number of hydrogen-bond donors (Lipinski definition) is 0. The lowest BCUT2D eigenvalue weighted by Gasteiger charge is -2.11. The zero-order chi connectivity index (χ0) is 11.4. The summed E-state index contributed by atoms with van der Waals surface area (Å²) in [5, 5.41) is 10.4. The zero-order valence-corrected chi connectivity index (χ0v) is 9.06. The molecule has 0 bridgehead atoms. The van der Waals surface area contributed by atoms with E-state index in [-0.39, 0.29) is 5.69 Å². The van der Waals surface area contributed by atoms with Crippen LogP contribution in [0.4, 0.5) is 5.69 Å². The Morgan fingerprint density at radius 1 is 1.40 bits per heavy atom. The molecule has 15 heavy (non-hydrogen) atoms. The van der Waals surface area contributed by atoms with E-state index in [1.807, 2.05) is 0 Å². The van der Waals surface area contributed by atoms with Gasteiger partial charge in [-0.1, -0.05) is 0 Å². The SMILES string of the molecule is CON(C)[S@](=O)c1ccc([N+](=O)[O-])cc1. The van der Waals surface area contributed by atoms with Crippen molar-refractivity contribution in [2.24, 2.45) is 0 Å². The Kier molecular flexibility index (Phi) is 3.89. The standard InChI is InChI=1S/C8H10N2O4S/c1-9(14-2)15(13)8-5-3-7(4-6-8)10(11)12/h3-6H,1-2H3/t15-/m1/s1. The average molecular weight is 230 g/mol. The normalized spacial score (nSPS) is 12.7. The second kappa shape index (κ2) is 4.96. The Balaban J connectivity index is 2.89. The summed E-state index contributed by atoms with van der Waals surface area (Å²) in [6.45, 7) is 0. The van der Waals surface area contributed by atoms with E-state index in [0.29, 0.717) is 4.90 Å². The number of nitro benzene ring substituents is 1. The van der Waals surface area contributed by atoms with Gasteiger partial charge in [0.25, 0.3) is 5.69 Å². The number of non-ortho nitro benzene ring substituents is 1. The number of nitrogens with zero attached hydrogens (tertiary/aromatic N) is 2. The van der Waals surface area contributed by atoms with Crippen LogP contribution in [0.5, 0.6) is 0 Å². The first-order chi connectivity index (χ1) is 7.06. The van der Waals surface area contributed by atoms with Crippen molar-refractivity contribution in [3.05, 3.63) is 34.4 Å². The van der Waals surface area contributed by atoms with Crippen LogP contribution in [-0.2, 0) is 15.8 Å². The topological polar surface area (TPSA) is 72.7 Å². The predicted octanol–water partition coefficient (Wildman–Crippen LogP) is 1.11. The Morgan fingerprint density at radius 2 is 1.93 bits per heavy atom. The molecule has 0 amide bonds. The highest BCUT2D eigenvalue weighted by atomic mass is 32.2. The molecule has 0 aliphatic rings. The molecule has 0 N–H and O–H groups in total. The fourth-order valence-corrected chi connectivity index (χ4v) is 1.70. The van der Waals surface area contributed by atoms with Crippen molar-refractivity contribution in [3.63, 3.8) is 0 Å². The van der Waals surface area contributed by atoms with Crippen LogP contribution in [0.1, 0.15) is 0 Å². The van der Waals surface area contributed by atoms with Gasteiger partial charge in [0.05, 0.1) is 16.9 Å². The molecule has 6 nitrogen and oxygen atoms in total. The summed E-state index contributed by atoms with van der Waals surface area (Å²) >= 11 is 0. The largest absolute Gasteiger partial charge is 0.290 e. The van der Waals surface area contributed by atoms with Gasteiger partial charge in [-0.05, 0) is 12.1 Å². The summed E-state index contributed by atoms with van der Waals surface area (Å²) in [5.41, 5.74) is -0.0316. The van der Waals surface area contributed by atoms with Crippen LogP contribution in [0.15, 0.2) is 29.2 Å². The highest BCUT2D eigenvalue weighted by Crippen LogP contribution is 2.15. The first-order valence-electron chi connectivity index (χ1n) is 4.00. The Morgan fingerprint density at radius 3 is 2.33 bits per heavy atom. The van der Waals surface area contributed by atoms with E-state index in [9.17, 15) is 14.3 Å². The van der Waals surface area contributed by atoms with Gasteiger partial charge in [-0.15, -0.1) is 4.47 Å². The fraction of sp³-hybridized carbons (Fsp3) is 0.250. The smallest absolute Gasteiger partial charge is 0.269 e. The maximum Gasteiger partial charge on any atom is 0.269 e. The number of nitro groups is 1. The van der Waals surface area contributed by atoms with Crippen molar-refractivity contribution in [2.75, 3.05) is 14.2 Å². The van der Waals surface area contributed by atoms with Gasteiger partial charge >= 0.3 is 0 Å². The van der Waals surface area contributed by atoms with Crippen LogP contribution in [0.2, 0.25) is 0 Å². The van der Waals surface area contributed by atoms with Crippen LogP contribution >= 0.6 is 0 Å². The van der Waals surface area contributed by atoms with E-state index in [0.717, 1.165) is 4.47 Å². The first kappa shape index (κ1) is 11.8. The van der Waals surface area contributed by atoms with Crippen LogP contribution in [0, 0.1) is 10.1 Å². The molecule has 0 saturated carbocycles. The van der Waals surface area contributed by atoms with E-state index >= 15 is 0 Å². The second-order valence-corrected chi connectivity index (χ2v) is 4.11. The minimum absolute atomic E-state index is 0.0316. The number of hydrogen-bond acceptors (Lipinski definition) is 4. The first-order valence-corrected chi connectivity index (χ1v) is 5.11. The lowest BCUT2D eigenvalue weighted by molar-refractivity contribution is -0.384. The molecular formula is C8H10N2O4S. The quantitative estimate of drug-likeness (QED) is 0.573. The van der Waals surface area contributed by atoms with Gasteiger partial charge in [0.15, 0.2) is 11.0 Å². The summed E-state index contributed by atoms with van der Waals surface area (Å²) in [4.78, 5) is 15.1.